The molecule has 0 aliphatic carbocycles. The van der Waals surface area contributed by atoms with E-state index in [1.807, 2.05) is 0 Å². The molecule has 0 aliphatic heterocycles. The molecule has 0 fully saturated rings. The van der Waals surface area contributed by atoms with E-state index in [-0.39, 0.29) is 31.3 Å². The Balaban J connectivity index is 3.15. The zero-order valence-electron chi connectivity index (χ0n) is 34.9. The summed E-state index contributed by atoms with van der Waals surface area (Å²) in [6.45, 7) is 11.4. The van der Waals surface area contributed by atoms with Gasteiger partial charge in [0.05, 0.1) is 119 Å². The number of esters is 1. The van der Waals surface area contributed by atoms with Crippen LogP contribution in [0.2, 0.25) is 0 Å². The lowest BCUT2D eigenvalue weighted by molar-refractivity contribution is -0.145. The lowest BCUT2D eigenvalue weighted by Gasteiger charge is -2.09. The molecular weight excluding hydrogens is 730 g/mol. The molecule has 1 amide bonds. The number of ether oxygens (including phenoxy) is 10. The summed E-state index contributed by atoms with van der Waals surface area (Å²) in [5, 5.41) is 11.2. The van der Waals surface area contributed by atoms with Gasteiger partial charge in [0.25, 0.3) is 0 Å². The van der Waals surface area contributed by atoms with Gasteiger partial charge in [-0.15, -0.1) is 0 Å². The maximum atomic E-state index is 11.9. The number of amides is 1. The Hall–Kier alpha value is -1.95. The quantitative estimate of drug-likeness (QED) is 0.0580. The van der Waals surface area contributed by atoms with E-state index < -0.39 is 5.97 Å². The van der Waals surface area contributed by atoms with Gasteiger partial charge in [0.15, 0.2) is 0 Å². The van der Waals surface area contributed by atoms with Crippen LogP contribution in [-0.2, 0) is 61.8 Å². The van der Waals surface area contributed by atoms with Crippen molar-refractivity contribution in [2.75, 3.05) is 132 Å². The highest BCUT2D eigenvalue weighted by molar-refractivity contribution is 5.80. The fourth-order valence-corrected chi connectivity index (χ4v) is 5.15. The standard InChI is InChI=1S/C41H79NO14/c1-2-3-4-5-6-7-8-9-10-11-12-13-14-16-41(46)56-38-37-55-36-35-54-34-33-53-32-31-52-30-29-51-28-27-50-26-25-49-24-23-48-22-21-47-20-15-19-42-39(43)17-18-40(44)45/h2-38H2,1H3,(H,42,43)(H,44,45). The molecule has 0 aromatic rings. The van der Waals surface area contributed by atoms with Gasteiger partial charge in [0, 0.05) is 26.0 Å². The number of carbonyl (C=O) groups excluding carboxylic acids is 2. The van der Waals surface area contributed by atoms with E-state index in [2.05, 4.69) is 12.2 Å². The number of carboxylic acids is 1. The van der Waals surface area contributed by atoms with Gasteiger partial charge in [-0.1, -0.05) is 84.0 Å². The molecule has 0 aromatic heterocycles. The van der Waals surface area contributed by atoms with Crippen molar-refractivity contribution in [1.29, 1.82) is 0 Å². The molecule has 2 N–H and O–H groups in total. The van der Waals surface area contributed by atoms with Crippen molar-refractivity contribution in [3.8, 4) is 0 Å². The molecule has 0 radical (unpaired) electrons. The first-order chi connectivity index (χ1) is 27.6. The van der Waals surface area contributed by atoms with Crippen molar-refractivity contribution >= 4 is 17.8 Å². The molecular formula is C41H79NO14. The number of rotatable bonds is 48. The van der Waals surface area contributed by atoms with Crippen LogP contribution in [-0.4, -0.2) is 155 Å². The molecule has 15 nitrogen and oxygen atoms in total. The van der Waals surface area contributed by atoms with Crippen molar-refractivity contribution in [1.82, 2.24) is 5.32 Å². The Morgan fingerprint density at radius 2 is 0.696 bits per heavy atom. The first-order valence-corrected chi connectivity index (χ1v) is 21.4. The van der Waals surface area contributed by atoms with E-state index >= 15 is 0 Å². The average Bonchev–Trinajstić information content (AvgIpc) is 3.19. The number of hydrogen-bond acceptors (Lipinski definition) is 13. The smallest absolute Gasteiger partial charge is 0.305 e. The number of carbonyl (C=O) groups is 3. The number of hydrogen-bond donors (Lipinski definition) is 2. The molecule has 0 aliphatic rings. The summed E-state index contributed by atoms with van der Waals surface area (Å²) in [6, 6.07) is 0. The summed E-state index contributed by atoms with van der Waals surface area (Å²) < 4.78 is 54.5. The van der Waals surface area contributed by atoms with Crippen LogP contribution in [0, 0.1) is 0 Å². The molecule has 0 unspecified atom stereocenters. The lowest BCUT2D eigenvalue weighted by atomic mass is 10.0. The summed E-state index contributed by atoms with van der Waals surface area (Å²) in [4.78, 5) is 33.7. The second-order valence-electron chi connectivity index (χ2n) is 13.3. The third-order valence-corrected chi connectivity index (χ3v) is 8.30. The number of carboxylic acid groups (broad SMARTS) is 1. The van der Waals surface area contributed by atoms with Gasteiger partial charge in [0.2, 0.25) is 5.91 Å². The monoisotopic (exact) mass is 810 g/mol. The Morgan fingerprint density at radius 3 is 1.05 bits per heavy atom. The van der Waals surface area contributed by atoms with Crippen LogP contribution in [0.1, 0.15) is 116 Å². The van der Waals surface area contributed by atoms with E-state index in [9.17, 15) is 14.4 Å². The average molecular weight is 810 g/mol. The summed E-state index contributed by atoms with van der Waals surface area (Å²) >= 11 is 0. The first-order valence-electron chi connectivity index (χ1n) is 21.4. The van der Waals surface area contributed by atoms with Crippen LogP contribution in [0.25, 0.3) is 0 Å². The predicted octanol–water partition coefficient (Wildman–Crippen LogP) is 5.53. The number of nitrogens with one attached hydrogen (secondary N) is 1. The van der Waals surface area contributed by atoms with Gasteiger partial charge in [-0.05, 0) is 12.8 Å². The predicted molar refractivity (Wildman–Crippen MR) is 213 cm³/mol. The Labute approximate surface area is 337 Å². The van der Waals surface area contributed by atoms with E-state index in [1.54, 1.807) is 0 Å². The van der Waals surface area contributed by atoms with Crippen molar-refractivity contribution in [3.05, 3.63) is 0 Å². The van der Waals surface area contributed by atoms with E-state index in [0.717, 1.165) is 12.8 Å². The van der Waals surface area contributed by atoms with E-state index in [0.29, 0.717) is 138 Å². The molecule has 0 heterocycles. The maximum Gasteiger partial charge on any atom is 0.305 e. The van der Waals surface area contributed by atoms with Crippen LogP contribution >= 0.6 is 0 Å². The second kappa shape index (κ2) is 47.4. The third-order valence-electron chi connectivity index (χ3n) is 8.30. The topological polar surface area (TPSA) is 176 Å². The Morgan fingerprint density at radius 1 is 0.375 bits per heavy atom. The highest BCUT2D eigenvalue weighted by atomic mass is 16.6. The second-order valence-corrected chi connectivity index (χ2v) is 13.3. The van der Waals surface area contributed by atoms with Crippen LogP contribution in [0.5, 0.6) is 0 Å². The molecule has 0 atom stereocenters. The number of aliphatic carboxylic acids is 1. The molecule has 0 saturated heterocycles. The minimum Gasteiger partial charge on any atom is -0.481 e. The van der Waals surface area contributed by atoms with Gasteiger partial charge in [-0.3, -0.25) is 14.4 Å². The highest BCUT2D eigenvalue weighted by Crippen LogP contribution is 2.13. The Kier molecular flexibility index (Phi) is 45.8. The minimum atomic E-state index is -0.983. The maximum absolute atomic E-state index is 11.9. The Bertz CT molecular complexity index is 838. The minimum absolute atomic E-state index is 0.0117. The molecule has 15 heteroatoms. The van der Waals surface area contributed by atoms with Crippen molar-refractivity contribution in [2.45, 2.75) is 116 Å². The molecule has 332 valence electrons. The zero-order valence-corrected chi connectivity index (χ0v) is 34.9. The lowest BCUT2D eigenvalue weighted by Crippen LogP contribution is -2.25. The van der Waals surface area contributed by atoms with Crippen molar-refractivity contribution in [3.63, 3.8) is 0 Å². The van der Waals surface area contributed by atoms with Crippen LogP contribution < -0.4 is 5.32 Å². The molecule has 0 saturated carbocycles. The highest BCUT2D eigenvalue weighted by Gasteiger charge is 2.05. The summed E-state index contributed by atoms with van der Waals surface area (Å²) in [7, 11) is 0. The number of unbranched alkanes of at least 4 members (excludes halogenated alkanes) is 12. The van der Waals surface area contributed by atoms with Gasteiger partial charge in [-0.25, -0.2) is 0 Å². The molecule has 56 heavy (non-hydrogen) atoms. The van der Waals surface area contributed by atoms with Gasteiger partial charge in [0.1, 0.15) is 6.61 Å². The summed E-state index contributed by atoms with van der Waals surface area (Å²) in [6.07, 6.45) is 17.7. The normalized spacial score (nSPS) is 11.3. The molecule has 0 rings (SSSR count). The van der Waals surface area contributed by atoms with E-state index in [4.69, 9.17) is 52.5 Å². The fourth-order valence-electron chi connectivity index (χ4n) is 5.15. The van der Waals surface area contributed by atoms with Crippen LogP contribution in [0.15, 0.2) is 0 Å². The largest absolute Gasteiger partial charge is 0.481 e. The van der Waals surface area contributed by atoms with Crippen LogP contribution in [0.3, 0.4) is 0 Å². The summed E-state index contributed by atoms with van der Waals surface area (Å²) in [5.41, 5.74) is 0. The molecule has 0 spiro atoms. The van der Waals surface area contributed by atoms with Gasteiger partial charge < -0.3 is 57.8 Å². The van der Waals surface area contributed by atoms with E-state index in [1.165, 1.54) is 70.6 Å². The molecule has 0 bridgehead atoms. The van der Waals surface area contributed by atoms with Gasteiger partial charge in [-0.2, -0.15) is 0 Å². The molecule has 0 aromatic carbocycles. The summed E-state index contributed by atoms with van der Waals surface area (Å²) in [5.74, 6) is -1.39. The van der Waals surface area contributed by atoms with Crippen LogP contribution in [0.4, 0.5) is 0 Å². The first kappa shape index (κ1) is 54.0. The van der Waals surface area contributed by atoms with Gasteiger partial charge >= 0.3 is 11.9 Å². The third kappa shape index (κ3) is 48.2. The van der Waals surface area contributed by atoms with Crippen molar-refractivity contribution < 1.29 is 66.9 Å². The fraction of sp³-hybridized carbons (Fsp3) is 0.927. The SMILES string of the molecule is CCCCCCCCCCCCCCCC(=O)OCCOCCOCCOCCOCCOCCOCCOCCOCCOCCCNC(=O)CCC(=O)O. The van der Waals surface area contributed by atoms with Crippen molar-refractivity contribution in [2.24, 2.45) is 0 Å². The zero-order chi connectivity index (χ0) is 40.7.